The van der Waals surface area contributed by atoms with E-state index in [1.54, 1.807) is 6.33 Å². The number of hydrogen-bond acceptors (Lipinski definition) is 4. The molecular formula is C13H20ClN3S. The SMILES string of the molecule is CSC1CCCC1Nc1ncnc(Cl)c1C(C)C. The van der Waals surface area contributed by atoms with Gasteiger partial charge in [0.25, 0.3) is 0 Å². The van der Waals surface area contributed by atoms with Crippen molar-refractivity contribution in [1.82, 2.24) is 9.97 Å². The van der Waals surface area contributed by atoms with Gasteiger partial charge in [-0.3, -0.25) is 0 Å². The van der Waals surface area contributed by atoms with Crippen LogP contribution in [0.5, 0.6) is 0 Å². The van der Waals surface area contributed by atoms with E-state index in [-0.39, 0.29) is 0 Å². The maximum Gasteiger partial charge on any atom is 0.138 e. The second kappa shape index (κ2) is 6.11. The zero-order valence-electron chi connectivity index (χ0n) is 11.1. The fourth-order valence-corrected chi connectivity index (χ4v) is 3.84. The predicted molar refractivity (Wildman–Crippen MR) is 79.7 cm³/mol. The van der Waals surface area contributed by atoms with Crippen LogP contribution in [0.15, 0.2) is 6.33 Å². The molecule has 0 aromatic carbocycles. The Labute approximate surface area is 118 Å². The van der Waals surface area contributed by atoms with E-state index >= 15 is 0 Å². The van der Waals surface area contributed by atoms with Gasteiger partial charge in [-0.15, -0.1) is 0 Å². The summed E-state index contributed by atoms with van der Waals surface area (Å²) in [4.78, 5) is 8.46. The Kier molecular flexibility index (Phi) is 4.73. The Balaban J connectivity index is 2.21. The van der Waals surface area contributed by atoms with Gasteiger partial charge in [-0.05, 0) is 25.0 Å². The number of aromatic nitrogens is 2. The first kappa shape index (κ1) is 13.9. The van der Waals surface area contributed by atoms with Gasteiger partial charge in [-0.1, -0.05) is 31.9 Å². The summed E-state index contributed by atoms with van der Waals surface area (Å²) in [6.07, 6.45) is 7.51. The summed E-state index contributed by atoms with van der Waals surface area (Å²) in [7, 11) is 0. The Morgan fingerprint density at radius 1 is 1.39 bits per heavy atom. The third kappa shape index (κ3) is 2.91. The molecule has 5 heteroatoms. The standard InChI is InChI=1S/C13H20ClN3S/c1-8(2)11-12(14)15-7-16-13(11)17-9-5-4-6-10(9)18-3/h7-10H,4-6H2,1-3H3,(H,15,16,17). The lowest BCUT2D eigenvalue weighted by atomic mass is 10.1. The highest BCUT2D eigenvalue weighted by Crippen LogP contribution is 2.33. The van der Waals surface area contributed by atoms with E-state index in [9.17, 15) is 0 Å². The molecule has 1 saturated carbocycles. The van der Waals surface area contributed by atoms with Crippen LogP contribution in [0.25, 0.3) is 0 Å². The molecule has 3 nitrogen and oxygen atoms in total. The summed E-state index contributed by atoms with van der Waals surface area (Å²) < 4.78 is 0. The minimum absolute atomic E-state index is 0.329. The fourth-order valence-electron chi connectivity index (χ4n) is 2.55. The van der Waals surface area contributed by atoms with Crippen LogP contribution in [0.2, 0.25) is 5.15 Å². The van der Waals surface area contributed by atoms with Crippen molar-refractivity contribution in [1.29, 1.82) is 0 Å². The van der Waals surface area contributed by atoms with Gasteiger partial charge in [0.15, 0.2) is 0 Å². The minimum Gasteiger partial charge on any atom is -0.366 e. The Morgan fingerprint density at radius 3 is 2.83 bits per heavy atom. The molecule has 2 atom stereocenters. The average molecular weight is 286 g/mol. The van der Waals surface area contributed by atoms with Crippen molar-refractivity contribution in [2.24, 2.45) is 0 Å². The lowest BCUT2D eigenvalue weighted by molar-refractivity contribution is 0.751. The molecule has 0 bridgehead atoms. The molecular weight excluding hydrogens is 266 g/mol. The Morgan fingerprint density at radius 2 is 2.17 bits per heavy atom. The van der Waals surface area contributed by atoms with Gasteiger partial charge in [-0.2, -0.15) is 11.8 Å². The molecule has 0 radical (unpaired) electrons. The van der Waals surface area contributed by atoms with E-state index in [4.69, 9.17) is 11.6 Å². The number of halogens is 1. The zero-order chi connectivity index (χ0) is 13.1. The van der Waals surface area contributed by atoms with Gasteiger partial charge >= 0.3 is 0 Å². The second-order valence-electron chi connectivity index (χ2n) is 5.04. The maximum absolute atomic E-state index is 6.18. The molecule has 0 spiro atoms. The molecule has 2 rings (SSSR count). The van der Waals surface area contributed by atoms with Crippen LogP contribution in [-0.2, 0) is 0 Å². The van der Waals surface area contributed by atoms with Crippen molar-refractivity contribution >= 4 is 29.2 Å². The first-order valence-corrected chi connectivity index (χ1v) is 8.09. The van der Waals surface area contributed by atoms with Gasteiger partial charge in [-0.25, -0.2) is 9.97 Å². The Bertz CT molecular complexity index is 411. The number of thioether (sulfide) groups is 1. The van der Waals surface area contributed by atoms with E-state index in [0.717, 1.165) is 11.4 Å². The first-order valence-electron chi connectivity index (χ1n) is 6.43. The van der Waals surface area contributed by atoms with Crippen LogP contribution in [0.3, 0.4) is 0 Å². The molecule has 2 unspecified atom stereocenters. The van der Waals surface area contributed by atoms with Crippen molar-refractivity contribution in [3.63, 3.8) is 0 Å². The molecule has 0 amide bonds. The average Bonchev–Trinajstić information content (AvgIpc) is 2.76. The third-order valence-electron chi connectivity index (χ3n) is 3.49. The molecule has 1 fully saturated rings. The molecule has 18 heavy (non-hydrogen) atoms. The van der Waals surface area contributed by atoms with Crippen molar-refractivity contribution in [3.05, 3.63) is 17.0 Å². The summed E-state index contributed by atoms with van der Waals surface area (Å²) in [6.45, 7) is 4.24. The van der Waals surface area contributed by atoms with Crippen LogP contribution in [0.1, 0.15) is 44.6 Å². The van der Waals surface area contributed by atoms with E-state index in [1.165, 1.54) is 19.3 Å². The summed E-state index contributed by atoms with van der Waals surface area (Å²) in [6, 6.07) is 0.503. The van der Waals surface area contributed by atoms with Gasteiger partial charge in [0.1, 0.15) is 17.3 Å². The summed E-state index contributed by atoms with van der Waals surface area (Å²) in [5, 5.41) is 4.83. The molecule has 1 aliphatic carbocycles. The van der Waals surface area contributed by atoms with E-state index in [2.05, 4.69) is 35.4 Å². The third-order valence-corrected chi connectivity index (χ3v) is 4.96. The lowest BCUT2D eigenvalue weighted by Gasteiger charge is -2.22. The molecule has 1 heterocycles. The number of hydrogen-bond donors (Lipinski definition) is 1. The van der Waals surface area contributed by atoms with Crippen molar-refractivity contribution in [3.8, 4) is 0 Å². The van der Waals surface area contributed by atoms with Crippen molar-refractivity contribution in [2.75, 3.05) is 11.6 Å². The second-order valence-corrected chi connectivity index (χ2v) is 6.47. The summed E-state index contributed by atoms with van der Waals surface area (Å²) >= 11 is 8.12. The number of anilines is 1. The summed E-state index contributed by atoms with van der Waals surface area (Å²) in [5.41, 5.74) is 1.03. The molecule has 1 aliphatic rings. The smallest absolute Gasteiger partial charge is 0.138 e. The van der Waals surface area contributed by atoms with E-state index < -0.39 is 0 Å². The largest absolute Gasteiger partial charge is 0.366 e. The van der Waals surface area contributed by atoms with Crippen molar-refractivity contribution < 1.29 is 0 Å². The molecule has 0 aliphatic heterocycles. The van der Waals surface area contributed by atoms with Gasteiger partial charge in [0.05, 0.1) is 0 Å². The number of nitrogens with one attached hydrogen (secondary N) is 1. The molecule has 100 valence electrons. The monoisotopic (exact) mass is 285 g/mol. The highest BCUT2D eigenvalue weighted by Gasteiger charge is 2.27. The van der Waals surface area contributed by atoms with Crippen LogP contribution in [0.4, 0.5) is 5.82 Å². The fraction of sp³-hybridized carbons (Fsp3) is 0.692. The first-order chi connectivity index (χ1) is 8.63. The zero-order valence-corrected chi connectivity index (χ0v) is 12.7. The van der Waals surface area contributed by atoms with Crippen LogP contribution in [-0.4, -0.2) is 27.5 Å². The molecule has 1 N–H and O–H groups in total. The van der Waals surface area contributed by atoms with E-state index in [0.29, 0.717) is 22.4 Å². The van der Waals surface area contributed by atoms with Gasteiger partial charge < -0.3 is 5.32 Å². The molecule has 1 aromatic rings. The highest BCUT2D eigenvalue weighted by atomic mass is 35.5. The quantitative estimate of drug-likeness (QED) is 0.850. The predicted octanol–water partition coefficient (Wildman–Crippen LogP) is 3.95. The minimum atomic E-state index is 0.329. The topological polar surface area (TPSA) is 37.8 Å². The molecule has 1 aromatic heterocycles. The number of rotatable bonds is 4. The normalized spacial score (nSPS) is 23.6. The molecule has 0 saturated heterocycles. The van der Waals surface area contributed by atoms with Gasteiger partial charge in [0.2, 0.25) is 0 Å². The lowest BCUT2D eigenvalue weighted by Crippen LogP contribution is -2.27. The highest BCUT2D eigenvalue weighted by molar-refractivity contribution is 7.99. The van der Waals surface area contributed by atoms with E-state index in [1.807, 2.05) is 11.8 Å². The van der Waals surface area contributed by atoms with Crippen molar-refractivity contribution in [2.45, 2.75) is 50.3 Å². The Hall–Kier alpha value is -0.480. The maximum atomic E-state index is 6.18. The van der Waals surface area contributed by atoms with Gasteiger partial charge in [0, 0.05) is 16.9 Å². The number of nitrogens with zero attached hydrogens (tertiary/aromatic N) is 2. The van der Waals surface area contributed by atoms with Crippen LogP contribution < -0.4 is 5.32 Å². The van der Waals surface area contributed by atoms with Crippen LogP contribution >= 0.6 is 23.4 Å². The summed E-state index contributed by atoms with van der Waals surface area (Å²) in [5.74, 6) is 1.24. The van der Waals surface area contributed by atoms with Crippen LogP contribution in [0, 0.1) is 0 Å².